The Balaban J connectivity index is 4.04. The first-order valence-corrected chi connectivity index (χ1v) is 7.37. The predicted molar refractivity (Wildman–Crippen MR) is 80.0 cm³/mol. The Labute approximate surface area is 118 Å². The van der Waals surface area contributed by atoms with Crippen LogP contribution in [-0.4, -0.2) is 42.6 Å². The first-order chi connectivity index (χ1) is 8.70. The van der Waals surface area contributed by atoms with E-state index in [1.165, 1.54) is 6.42 Å². The molecule has 2 unspecified atom stereocenters. The van der Waals surface area contributed by atoms with Gasteiger partial charge in [0.2, 0.25) is 0 Å². The second-order valence-corrected chi connectivity index (χ2v) is 6.20. The largest absolute Gasteiger partial charge is 0.465 e. The smallest absolute Gasteiger partial charge is 0.325 e. The van der Waals surface area contributed by atoms with E-state index >= 15 is 0 Å². The van der Waals surface area contributed by atoms with Gasteiger partial charge in [-0.25, -0.2) is 0 Å². The van der Waals surface area contributed by atoms with Gasteiger partial charge in [0, 0.05) is 6.04 Å². The summed E-state index contributed by atoms with van der Waals surface area (Å²) in [4.78, 5) is 14.0. The highest BCUT2D eigenvalue weighted by Crippen LogP contribution is 2.14. The second-order valence-electron chi connectivity index (χ2n) is 6.20. The quantitative estimate of drug-likeness (QED) is 0.655. The Kier molecular flexibility index (Phi) is 8.26. The van der Waals surface area contributed by atoms with Gasteiger partial charge in [0.05, 0.1) is 6.61 Å². The van der Waals surface area contributed by atoms with Gasteiger partial charge in [0.25, 0.3) is 0 Å². The van der Waals surface area contributed by atoms with E-state index in [0.717, 1.165) is 13.0 Å². The summed E-state index contributed by atoms with van der Waals surface area (Å²) in [6.07, 6.45) is 2.75. The predicted octanol–water partition coefficient (Wildman–Crippen LogP) is 2.41. The number of carbonyl (C=O) groups is 1. The molecule has 0 aromatic rings. The lowest BCUT2D eigenvalue weighted by Crippen LogP contribution is -2.46. The highest BCUT2D eigenvalue weighted by Gasteiger charge is 2.29. The first kappa shape index (κ1) is 18.4. The Bertz CT molecular complexity index is 265. The summed E-state index contributed by atoms with van der Waals surface area (Å²) in [5, 5.41) is 0. The summed E-state index contributed by atoms with van der Waals surface area (Å²) < 4.78 is 4.99. The van der Waals surface area contributed by atoms with Crippen molar-refractivity contribution in [1.29, 1.82) is 0 Å². The lowest BCUT2D eigenvalue weighted by molar-refractivity contribution is -0.149. The zero-order chi connectivity index (χ0) is 15.1. The molecule has 0 saturated heterocycles. The van der Waals surface area contributed by atoms with Crippen molar-refractivity contribution in [1.82, 2.24) is 4.90 Å². The van der Waals surface area contributed by atoms with Gasteiger partial charge in [-0.15, -0.1) is 0 Å². The third-order valence-electron chi connectivity index (χ3n) is 3.51. The van der Waals surface area contributed by atoms with E-state index in [2.05, 4.69) is 32.7 Å². The molecule has 0 spiro atoms. The molecule has 0 radical (unpaired) electrons. The average Bonchev–Trinajstić information content (AvgIpc) is 2.27. The Hall–Kier alpha value is -0.610. The van der Waals surface area contributed by atoms with E-state index < -0.39 is 5.54 Å². The van der Waals surface area contributed by atoms with Gasteiger partial charge in [-0.05, 0) is 59.5 Å². The second kappa shape index (κ2) is 8.54. The van der Waals surface area contributed by atoms with Crippen LogP contribution in [0.15, 0.2) is 0 Å². The molecule has 2 atom stereocenters. The van der Waals surface area contributed by atoms with Crippen molar-refractivity contribution in [2.45, 2.75) is 65.5 Å². The summed E-state index contributed by atoms with van der Waals surface area (Å²) in [6.45, 7) is 11.6. The van der Waals surface area contributed by atoms with Crippen molar-refractivity contribution in [3.05, 3.63) is 0 Å². The summed E-state index contributed by atoms with van der Waals surface area (Å²) in [7, 11) is 2.13. The molecule has 0 heterocycles. The van der Waals surface area contributed by atoms with Gasteiger partial charge in [-0.2, -0.15) is 0 Å². The lowest BCUT2D eigenvalue weighted by Gasteiger charge is -2.28. The number of esters is 1. The van der Waals surface area contributed by atoms with Crippen LogP contribution in [-0.2, 0) is 9.53 Å². The van der Waals surface area contributed by atoms with Crippen LogP contribution in [0.2, 0.25) is 0 Å². The van der Waals surface area contributed by atoms with Gasteiger partial charge < -0.3 is 15.4 Å². The highest BCUT2D eigenvalue weighted by atomic mass is 16.5. The molecule has 4 nitrogen and oxygen atoms in total. The SMILES string of the molecule is CCOC(=O)C(C)(N)CCCN(C)C(C)CC(C)C. The van der Waals surface area contributed by atoms with Gasteiger partial charge in [0.15, 0.2) is 0 Å². The van der Waals surface area contributed by atoms with Gasteiger partial charge >= 0.3 is 5.97 Å². The molecule has 0 aliphatic rings. The molecular formula is C15H32N2O2. The molecule has 0 fully saturated rings. The molecular weight excluding hydrogens is 240 g/mol. The lowest BCUT2D eigenvalue weighted by atomic mass is 9.97. The Morgan fingerprint density at radius 1 is 1.37 bits per heavy atom. The van der Waals surface area contributed by atoms with Gasteiger partial charge in [0.1, 0.15) is 5.54 Å². The van der Waals surface area contributed by atoms with Crippen LogP contribution in [0.25, 0.3) is 0 Å². The molecule has 0 aromatic heterocycles. The number of hydrogen-bond donors (Lipinski definition) is 1. The normalized spacial score (nSPS) is 16.5. The molecule has 0 rings (SSSR count). The maximum Gasteiger partial charge on any atom is 0.325 e. The number of nitrogens with two attached hydrogens (primary N) is 1. The zero-order valence-corrected chi connectivity index (χ0v) is 13.5. The molecule has 0 amide bonds. The summed E-state index contributed by atoms with van der Waals surface area (Å²) in [5.74, 6) is 0.407. The van der Waals surface area contributed by atoms with E-state index in [9.17, 15) is 4.79 Å². The third-order valence-corrected chi connectivity index (χ3v) is 3.51. The van der Waals surface area contributed by atoms with E-state index in [0.29, 0.717) is 25.0 Å². The van der Waals surface area contributed by atoms with Crippen LogP contribution < -0.4 is 5.73 Å². The Morgan fingerprint density at radius 3 is 2.42 bits per heavy atom. The molecule has 0 aromatic carbocycles. The van der Waals surface area contributed by atoms with Crippen molar-refractivity contribution in [3.8, 4) is 0 Å². The van der Waals surface area contributed by atoms with E-state index in [-0.39, 0.29) is 5.97 Å². The van der Waals surface area contributed by atoms with Crippen molar-refractivity contribution in [3.63, 3.8) is 0 Å². The summed E-state index contributed by atoms with van der Waals surface area (Å²) >= 11 is 0. The maximum absolute atomic E-state index is 11.7. The molecule has 0 aliphatic heterocycles. The van der Waals surface area contributed by atoms with Crippen LogP contribution in [0.5, 0.6) is 0 Å². The van der Waals surface area contributed by atoms with Crippen molar-refractivity contribution in [2.24, 2.45) is 11.7 Å². The molecule has 0 saturated carbocycles. The summed E-state index contributed by atoms with van der Waals surface area (Å²) in [6, 6.07) is 0.562. The number of rotatable bonds is 9. The van der Waals surface area contributed by atoms with Crippen LogP contribution in [0.4, 0.5) is 0 Å². The van der Waals surface area contributed by atoms with Crippen LogP contribution in [0.1, 0.15) is 53.9 Å². The molecule has 0 aliphatic carbocycles. The average molecular weight is 272 g/mol. The molecule has 4 heteroatoms. The number of nitrogens with zero attached hydrogens (tertiary/aromatic N) is 1. The Morgan fingerprint density at radius 2 is 1.95 bits per heavy atom. The van der Waals surface area contributed by atoms with Gasteiger partial charge in [-0.3, -0.25) is 4.79 Å². The minimum absolute atomic E-state index is 0.298. The number of ether oxygens (including phenoxy) is 1. The van der Waals surface area contributed by atoms with Crippen molar-refractivity contribution in [2.75, 3.05) is 20.2 Å². The van der Waals surface area contributed by atoms with Gasteiger partial charge in [-0.1, -0.05) is 13.8 Å². The minimum Gasteiger partial charge on any atom is -0.465 e. The fourth-order valence-electron chi connectivity index (χ4n) is 2.18. The molecule has 0 bridgehead atoms. The van der Waals surface area contributed by atoms with Crippen LogP contribution in [0.3, 0.4) is 0 Å². The number of hydrogen-bond acceptors (Lipinski definition) is 4. The van der Waals surface area contributed by atoms with E-state index in [1.807, 2.05) is 0 Å². The molecule has 114 valence electrons. The van der Waals surface area contributed by atoms with Crippen molar-refractivity contribution >= 4 is 5.97 Å². The summed E-state index contributed by atoms with van der Waals surface area (Å²) in [5.41, 5.74) is 5.13. The van der Waals surface area contributed by atoms with E-state index in [1.54, 1.807) is 13.8 Å². The fourth-order valence-corrected chi connectivity index (χ4v) is 2.18. The molecule has 19 heavy (non-hydrogen) atoms. The topological polar surface area (TPSA) is 55.6 Å². The fraction of sp³-hybridized carbons (Fsp3) is 0.933. The van der Waals surface area contributed by atoms with Crippen LogP contribution in [0, 0.1) is 5.92 Å². The zero-order valence-electron chi connectivity index (χ0n) is 13.5. The van der Waals surface area contributed by atoms with Crippen molar-refractivity contribution < 1.29 is 9.53 Å². The maximum atomic E-state index is 11.7. The first-order valence-electron chi connectivity index (χ1n) is 7.37. The minimum atomic E-state index is -0.863. The highest BCUT2D eigenvalue weighted by molar-refractivity contribution is 5.79. The van der Waals surface area contributed by atoms with Crippen LogP contribution >= 0.6 is 0 Å². The van der Waals surface area contributed by atoms with E-state index in [4.69, 9.17) is 10.5 Å². The third kappa shape index (κ3) is 7.53. The molecule has 2 N–H and O–H groups in total. The monoisotopic (exact) mass is 272 g/mol. The standard InChI is InChI=1S/C15H32N2O2/c1-7-19-14(18)15(5,16)9-8-10-17(6)13(4)11-12(2)3/h12-13H,7-11,16H2,1-6H3. The number of carbonyl (C=O) groups excluding carboxylic acids is 1.